The van der Waals surface area contributed by atoms with Gasteiger partial charge in [-0.05, 0) is 49.7 Å². The number of carbonyl (C=O) groups excluding carboxylic acids is 1. The van der Waals surface area contributed by atoms with Gasteiger partial charge in [0.15, 0.2) is 0 Å². The maximum Gasteiger partial charge on any atom is 0.251 e. The Morgan fingerprint density at radius 3 is 2.86 bits per heavy atom. The van der Waals surface area contributed by atoms with E-state index in [4.69, 9.17) is 0 Å². The lowest BCUT2D eigenvalue weighted by Gasteiger charge is -2.30. The number of rotatable bonds is 3. The molecule has 1 fully saturated rings. The molecule has 5 nitrogen and oxygen atoms in total. The van der Waals surface area contributed by atoms with Crippen LogP contribution in [-0.2, 0) is 0 Å². The number of aromatic nitrogens is 2. The highest BCUT2D eigenvalue weighted by atomic mass is 16.1. The van der Waals surface area contributed by atoms with Gasteiger partial charge >= 0.3 is 0 Å². The van der Waals surface area contributed by atoms with E-state index in [2.05, 4.69) is 22.5 Å². The first-order chi connectivity index (χ1) is 10.2. The molecule has 1 aliphatic rings. The molecular formula is C16H20N4O. The van der Waals surface area contributed by atoms with Crippen LogP contribution >= 0.6 is 0 Å². The number of hydrogen-bond donors (Lipinski definition) is 2. The maximum absolute atomic E-state index is 12.3. The summed E-state index contributed by atoms with van der Waals surface area (Å²) in [5.41, 5.74) is 1.70. The van der Waals surface area contributed by atoms with Gasteiger partial charge in [-0.15, -0.1) is 0 Å². The van der Waals surface area contributed by atoms with E-state index in [1.807, 2.05) is 35.0 Å². The predicted molar refractivity (Wildman–Crippen MR) is 81.5 cm³/mol. The minimum atomic E-state index is 0.00549. The number of imidazole rings is 1. The Kier molecular flexibility index (Phi) is 4.01. The maximum atomic E-state index is 12.3. The number of nitrogens with zero attached hydrogens (tertiary/aromatic N) is 2. The van der Waals surface area contributed by atoms with Gasteiger partial charge in [0.25, 0.3) is 5.91 Å². The third-order valence-corrected chi connectivity index (χ3v) is 4.03. The zero-order valence-corrected chi connectivity index (χ0v) is 12.1. The molecule has 0 spiro atoms. The van der Waals surface area contributed by atoms with Gasteiger partial charge in [0.1, 0.15) is 0 Å². The molecule has 2 heterocycles. The highest BCUT2D eigenvalue weighted by Gasteiger charge is 2.22. The summed E-state index contributed by atoms with van der Waals surface area (Å²) in [7, 11) is 0. The van der Waals surface area contributed by atoms with E-state index in [1.54, 1.807) is 12.5 Å². The second kappa shape index (κ2) is 6.10. The van der Waals surface area contributed by atoms with Crippen molar-refractivity contribution in [3.05, 3.63) is 48.5 Å². The molecule has 2 unspecified atom stereocenters. The molecular weight excluding hydrogens is 264 g/mol. The van der Waals surface area contributed by atoms with Crippen LogP contribution in [0.4, 0.5) is 0 Å². The fourth-order valence-corrected chi connectivity index (χ4v) is 2.68. The van der Waals surface area contributed by atoms with Crippen LogP contribution in [0, 0.1) is 5.92 Å². The van der Waals surface area contributed by atoms with Gasteiger partial charge in [0.05, 0.1) is 6.33 Å². The number of nitrogens with one attached hydrogen (secondary N) is 2. The van der Waals surface area contributed by atoms with Gasteiger partial charge in [0.2, 0.25) is 0 Å². The van der Waals surface area contributed by atoms with Crippen LogP contribution in [0.2, 0.25) is 0 Å². The van der Waals surface area contributed by atoms with Crippen LogP contribution in [0.5, 0.6) is 0 Å². The van der Waals surface area contributed by atoms with E-state index >= 15 is 0 Å². The average molecular weight is 284 g/mol. The molecule has 2 aromatic rings. The number of hydrogen-bond acceptors (Lipinski definition) is 3. The highest BCUT2D eigenvalue weighted by molar-refractivity contribution is 5.94. The molecule has 0 bridgehead atoms. The van der Waals surface area contributed by atoms with Crippen LogP contribution in [0.25, 0.3) is 5.69 Å². The Morgan fingerprint density at radius 2 is 2.19 bits per heavy atom. The predicted octanol–water partition coefficient (Wildman–Crippen LogP) is 1.60. The second-order valence-electron chi connectivity index (χ2n) is 5.57. The molecule has 3 rings (SSSR count). The molecule has 0 aliphatic carbocycles. The summed E-state index contributed by atoms with van der Waals surface area (Å²) in [6, 6.07) is 7.84. The van der Waals surface area contributed by atoms with Crippen LogP contribution in [0.1, 0.15) is 23.7 Å². The first kappa shape index (κ1) is 13.8. The van der Waals surface area contributed by atoms with Crippen LogP contribution in [-0.4, -0.2) is 34.6 Å². The smallest absolute Gasteiger partial charge is 0.251 e. The summed E-state index contributed by atoms with van der Waals surface area (Å²) >= 11 is 0. The standard InChI is InChI=1S/C16H20N4O/c1-12-10-17-7-6-15(12)19-16(21)13-2-4-14(5-3-13)20-9-8-18-11-20/h2-5,8-9,11-12,15,17H,6-7,10H2,1H3,(H,19,21). The molecule has 0 radical (unpaired) electrons. The van der Waals surface area contributed by atoms with Gasteiger partial charge in [0, 0.05) is 29.7 Å². The zero-order chi connectivity index (χ0) is 14.7. The Morgan fingerprint density at radius 1 is 1.38 bits per heavy atom. The lowest BCUT2D eigenvalue weighted by Crippen LogP contribution is -2.48. The summed E-state index contributed by atoms with van der Waals surface area (Å²) in [5, 5.41) is 6.48. The third-order valence-electron chi connectivity index (χ3n) is 4.03. The van der Waals surface area contributed by atoms with Crippen molar-refractivity contribution >= 4 is 5.91 Å². The number of piperidine rings is 1. The zero-order valence-electron chi connectivity index (χ0n) is 12.1. The van der Waals surface area contributed by atoms with Crippen LogP contribution in [0.3, 0.4) is 0 Å². The molecule has 2 N–H and O–H groups in total. The van der Waals surface area contributed by atoms with Crippen molar-refractivity contribution < 1.29 is 4.79 Å². The highest BCUT2D eigenvalue weighted by Crippen LogP contribution is 2.13. The van der Waals surface area contributed by atoms with Gasteiger partial charge in [-0.3, -0.25) is 4.79 Å². The summed E-state index contributed by atoms with van der Waals surface area (Å²) in [4.78, 5) is 16.3. The molecule has 1 aromatic carbocycles. The quantitative estimate of drug-likeness (QED) is 0.900. The first-order valence-corrected chi connectivity index (χ1v) is 7.34. The van der Waals surface area contributed by atoms with Gasteiger partial charge < -0.3 is 15.2 Å². The third kappa shape index (κ3) is 3.13. The Hall–Kier alpha value is -2.14. The molecule has 1 aliphatic heterocycles. The van der Waals surface area contributed by atoms with Crippen LogP contribution < -0.4 is 10.6 Å². The van der Waals surface area contributed by atoms with E-state index in [1.165, 1.54) is 0 Å². The van der Waals surface area contributed by atoms with Crippen molar-refractivity contribution in [3.63, 3.8) is 0 Å². The topological polar surface area (TPSA) is 58.9 Å². The molecule has 5 heteroatoms. The first-order valence-electron chi connectivity index (χ1n) is 7.34. The van der Waals surface area contributed by atoms with Gasteiger partial charge in [-0.1, -0.05) is 6.92 Å². The molecule has 2 atom stereocenters. The van der Waals surface area contributed by atoms with E-state index in [9.17, 15) is 4.79 Å². The lowest BCUT2D eigenvalue weighted by atomic mass is 9.95. The summed E-state index contributed by atoms with van der Waals surface area (Å²) in [6.45, 7) is 4.10. The van der Waals surface area contributed by atoms with Crippen molar-refractivity contribution in [3.8, 4) is 5.69 Å². The van der Waals surface area contributed by atoms with E-state index in [-0.39, 0.29) is 11.9 Å². The summed E-state index contributed by atoms with van der Waals surface area (Å²) in [6.07, 6.45) is 6.34. The van der Waals surface area contributed by atoms with Crippen molar-refractivity contribution in [2.75, 3.05) is 13.1 Å². The van der Waals surface area contributed by atoms with E-state index in [0.29, 0.717) is 11.5 Å². The summed E-state index contributed by atoms with van der Waals surface area (Å²) < 4.78 is 1.91. The van der Waals surface area contributed by atoms with E-state index < -0.39 is 0 Å². The largest absolute Gasteiger partial charge is 0.349 e. The van der Waals surface area contributed by atoms with Gasteiger partial charge in [-0.2, -0.15) is 0 Å². The monoisotopic (exact) mass is 284 g/mol. The average Bonchev–Trinajstić information content (AvgIpc) is 3.04. The van der Waals surface area contributed by atoms with Crippen molar-refractivity contribution in [2.24, 2.45) is 5.92 Å². The Bertz CT molecular complexity index is 591. The minimum absolute atomic E-state index is 0.00549. The second-order valence-corrected chi connectivity index (χ2v) is 5.57. The number of benzene rings is 1. The number of amides is 1. The molecule has 1 amide bonds. The lowest BCUT2D eigenvalue weighted by molar-refractivity contribution is 0.0914. The van der Waals surface area contributed by atoms with E-state index in [0.717, 1.165) is 25.2 Å². The molecule has 1 saturated heterocycles. The van der Waals surface area contributed by atoms with Crippen molar-refractivity contribution in [1.29, 1.82) is 0 Å². The molecule has 1 aromatic heterocycles. The Balaban J connectivity index is 1.67. The van der Waals surface area contributed by atoms with Crippen molar-refractivity contribution in [2.45, 2.75) is 19.4 Å². The van der Waals surface area contributed by atoms with Gasteiger partial charge in [-0.25, -0.2) is 4.98 Å². The van der Waals surface area contributed by atoms with Crippen molar-refractivity contribution in [1.82, 2.24) is 20.2 Å². The molecule has 0 saturated carbocycles. The molecule has 110 valence electrons. The van der Waals surface area contributed by atoms with Crippen LogP contribution in [0.15, 0.2) is 43.0 Å². The molecule has 21 heavy (non-hydrogen) atoms. The normalized spacial score (nSPS) is 22.0. The minimum Gasteiger partial charge on any atom is -0.349 e. The number of carbonyl (C=O) groups is 1. The fraction of sp³-hybridized carbons (Fsp3) is 0.375. The SMILES string of the molecule is CC1CNCCC1NC(=O)c1ccc(-n2ccnc2)cc1. The summed E-state index contributed by atoms with van der Waals surface area (Å²) in [5.74, 6) is 0.471. The Labute approximate surface area is 124 Å². The fourth-order valence-electron chi connectivity index (χ4n) is 2.68.